The summed E-state index contributed by atoms with van der Waals surface area (Å²) in [6.45, 7) is 4.81. The van der Waals surface area contributed by atoms with Crippen LogP contribution in [0, 0.1) is 0 Å². The molecule has 1 saturated heterocycles. The van der Waals surface area contributed by atoms with Crippen LogP contribution in [0.5, 0.6) is 0 Å². The van der Waals surface area contributed by atoms with Gasteiger partial charge in [0.1, 0.15) is 0 Å². The lowest BCUT2D eigenvalue weighted by molar-refractivity contribution is -0.155. The Bertz CT molecular complexity index is 149. The first kappa shape index (κ1) is 8.49. The quantitative estimate of drug-likeness (QED) is 0.605. The van der Waals surface area contributed by atoms with Crippen LogP contribution in [0.15, 0.2) is 0 Å². The summed E-state index contributed by atoms with van der Waals surface area (Å²) >= 11 is 0. The van der Waals surface area contributed by atoms with Gasteiger partial charge in [-0.25, -0.2) is 4.79 Å². The Kier molecular flexibility index (Phi) is 2.84. The molecule has 1 aliphatic rings. The van der Waals surface area contributed by atoms with E-state index in [1.54, 1.807) is 0 Å². The van der Waals surface area contributed by atoms with Crippen molar-refractivity contribution in [1.82, 2.24) is 4.90 Å². The predicted molar refractivity (Wildman–Crippen MR) is 39.5 cm³/mol. The van der Waals surface area contributed by atoms with E-state index in [1.165, 1.54) is 0 Å². The van der Waals surface area contributed by atoms with Crippen molar-refractivity contribution in [1.29, 1.82) is 0 Å². The van der Waals surface area contributed by atoms with Crippen molar-refractivity contribution < 1.29 is 14.6 Å². The number of ether oxygens (including phenoxy) is 1. The van der Waals surface area contributed by atoms with Crippen LogP contribution in [0.3, 0.4) is 0 Å². The molecule has 1 rings (SSSR count). The van der Waals surface area contributed by atoms with Gasteiger partial charge in [-0.1, -0.05) is 6.92 Å². The highest BCUT2D eigenvalue weighted by Gasteiger charge is 2.24. The second kappa shape index (κ2) is 3.69. The standard InChI is InChI=1S/C7H13NO3/c1-2-8-3-4-11-6(5-8)7(9)10/h6H,2-5H2,1H3,(H,9,10). The second-order valence-electron chi connectivity index (χ2n) is 2.59. The molecular formula is C7H13NO3. The summed E-state index contributed by atoms with van der Waals surface area (Å²) in [5.41, 5.74) is 0. The average molecular weight is 159 g/mol. The molecule has 0 aromatic heterocycles. The van der Waals surface area contributed by atoms with Gasteiger partial charge in [0.15, 0.2) is 6.10 Å². The maximum Gasteiger partial charge on any atom is 0.334 e. The van der Waals surface area contributed by atoms with Crippen LogP contribution in [0.4, 0.5) is 0 Å². The van der Waals surface area contributed by atoms with Gasteiger partial charge < -0.3 is 9.84 Å². The van der Waals surface area contributed by atoms with Gasteiger partial charge in [0.25, 0.3) is 0 Å². The summed E-state index contributed by atoms with van der Waals surface area (Å²) in [4.78, 5) is 12.5. The molecule has 1 atom stereocenters. The zero-order valence-corrected chi connectivity index (χ0v) is 6.62. The molecule has 1 unspecified atom stereocenters. The first-order valence-corrected chi connectivity index (χ1v) is 3.80. The van der Waals surface area contributed by atoms with Crippen LogP contribution in [-0.4, -0.2) is 48.3 Å². The van der Waals surface area contributed by atoms with Gasteiger partial charge >= 0.3 is 5.97 Å². The summed E-state index contributed by atoms with van der Waals surface area (Å²) in [5.74, 6) is -0.858. The zero-order chi connectivity index (χ0) is 8.27. The van der Waals surface area contributed by atoms with Crippen LogP contribution in [0.2, 0.25) is 0 Å². The van der Waals surface area contributed by atoms with E-state index in [1.807, 2.05) is 6.92 Å². The number of likely N-dealkylation sites (N-methyl/N-ethyl adjacent to an activating group) is 1. The Balaban J connectivity index is 2.39. The molecule has 1 N–H and O–H groups in total. The van der Waals surface area contributed by atoms with Crippen molar-refractivity contribution in [3.63, 3.8) is 0 Å². The maximum atomic E-state index is 10.5. The molecule has 1 heterocycles. The number of hydrogen-bond donors (Lipinski definition) is 1. The fourth-order valence-electron chi connectivity index (χ4n) is 1.14. The Morgan fingerprint density at radius 3 is 3.09 bits per heavy atom. The van der Waals surface area contributed by atoms with Gasteiger partial charge in [-0.3, -0.25) is 4.90 Å². The fourth-order valence-corrected chi connectivity index (χ4v) is 1.14. The predicted octanol–water partition coefficient (Wildman–Crippen LogP) is -0.208. The van der Waals surface area contributed by atoms with Gasteiger partial charge in [-0.2, -0.15) is 0 Å². The van der Waals surface area contributed by atoms with E-state index in [2.05, 4.69) is 4.90 Å². The monoisotopic (exact) mass is 159 g/mol. The number of aliphatic carboxylic acids is 1. The number of carbonyl (C=O) groups is 1. The first-order valence-electron chi connectivity index (χ1n) is 3.80. The molecule has 4 nitrogen and oxygen atoms in total. The largest absolute Gasteiger partial charge is 0.479 e. The van der Waals surface area contributed by atoms with E-state index in [9.17, 15) is 4.79 Å². The number of rotatable bonds is 2. The van der Waals surface area contributed by atoms with E-state index in [0.717, 1.165) is 13.1 Å². The van der Waals surface area contributed by atoms with E-state index < -0.39 is 12.1 Å². The molecule has 11 heavy (non-hydrogen) atoms. The van der Waals surface area contributed by atoms with Crippen molar-refractivity contribution in [3.8, 4) is 0 Å². The van der Waals surface area contributed by atoms with Crippen molar-refractivity contribution >= 4 is 5.97 Å². The Morgan fingerprint density at radius 1 is 1.82 bits per heavy atom. The summed E-state index contributed by atoms with van der Waals surface area (Å²) in [7, 11) is 0. The van der Waals surface area contributed by atoms with Gasteiger partial charge in [0.05, 0.1) is 6.61 Å². The number of nitrogens with zero attached hydrogens (tertiary/aromatic N) is 1. The topological polar surface area (TPSA) is 49.8 Å². The van der Waals surface area contributed by atoms with Gasteiger partial charge in [0, 0.05) is 13.1 Å². The molecule has 1 fully saturated rings. The van der Waals surface area contributed by atoms with Crippen LogP contribution >= 0.6 is 0 Å². The lowest BCUT2D eigenvalue weighted by Crippen LogP contribution is -2.45. The number of carboxylic acid groups (broad SMARTS) is 1. The highest BCUT2D eigenvalue weighted by Crippen LogP contribution is 2.03. The molecule has 1 aliphatic heterocycles. The Morgan fingerprint density at radius 2 is 2.55 bits per heavy atom. The van der Waals surface area contributed by atoms with Crippen molar-refractivity contribution in [2.75, 3.05) is 26.2 Å². The van der Waals surface area contributed by atoms with Gasteiger partial charge in [-0.15, -0.1) is 0 Å². The SMILES string of the molecule is CCN1CCOC(C(=O)O)C1. The number of hydrogen-bond acceptors (Lipinski definition) is 3. The van der Waals surface area contributed by atoms with Crippen LogP contribution < -0.4 is 0 Å². The number of carboxylic acids is 1. The highest BCUT2D eigenvalue weighted by molar-refractivity contribution is 5.72. The summed E-state index contributed by atoms with van der Waals surface area (Å²) < 4.78 is 5.03. The molecular weight excluding hydrogens is 146 g/mol. The normalized spacial score (nSPS) is 26.8. The van der Waals surface area contributed by atoms with E-state index in [4.69, 9.17) is 9.84 Å². The maximum absolute atomic E-state index is 10.5. The Hall–Kier alpha value is -0.610. The minimum absolute atomic E-state index is 0.520. The lowest BCUT2D eigenvalue weighted by Gasteiger charge is -2.29. The van der Waals surface area contributed by atoms with Crippen molar-refractivity contribution in [2.45, 2.75) is 13.0 Å². The molecule has 0 aliphatic carbocycles. The van der Waals surface area contributed by atoms with Crippen molar-refractivity contribution in [3.05, 3.63) is 0 Å². The van der Waals surface area contributed by atoms with Gasteiger partial charge in [0.2, 0.25) is 0 Å². The minimum atomic E-state index is -0.858. The molecule has 64 valence electrons. The molecule has 0 spiro atoms. The average Bonchev–Trinajstić information content (AvgIpc) is 2.05. The molecule has 0 aromatic rings. The zero-order valence-electron chi connectivity index (χ0n) is 6.62. The van der Waals surface area contributed by atoms with E-state index in [-0.39, 0.29) is 0 Å². The summed E-state index contributed by atoms with van der Waals surface area (Å²) in [5, 5.41) is 8.60. The van der Waals surface area contributed by atoms with Crippen molar-refractivity contribution in [2.24, 2.45) is 0 Å². The molecule has 0 bridgehead atoms. The summed E-state index contributed by atoms with van der Waals surface area (Å²) in [6.07, 6.45) is -0.622. The molecule has 0 saturated carbocycles. The van der Waals surface area contributed by atoms with Gasteiger partial charge in [-0.05, 0) is 6.54 Å². The lowest BCUT2D eigenvalue weighted by atomic mass is 10.3. The van der Waals surface area contributed by atoms with Crippen LogP contribution in [-0.2, 0) is 9.53 Å². The van der Waals surface area contributed by atoms with Crippen LogP contribution in [0.25, 0.3) is 0 Å². The third-order valence-corrected chi connectivity index (χ3v) is 1.87. The smallest absolute Gasteiger partial charge is 0.334 e. The third-order valence-electron chi connectivity index (χ3n) is 1.87. The summed E-state index contributed by atoms with van der Waals surface area (Å²) in [6, 6.07) is 0. The molecule has 0 radical (unpaired) electrons. The third kappa shape index (κ3) is 2.17. The minimum Gasteiger partial charge on any atom is -0.479 e. The number of morpholine rings is 1. The van der Waals surface area contributed by atoms with Crippen LogP contribution in [0.1, 0.15) is 6.92 Å². The van der Waals surface area contributed by atoms with E-state index in [0.29, 0.717) is 13.2 Å². The Labute approximate surface area is 65.8 Å². The highest BCUT2D eigenvalue weighted by atomic mass is 16.5. The second-order valence-corrected chi connectivity index (χ2v) is 2.59. The fraction of sp³-hybridized carbons (Fsp3) is 0.857. The first-order chi connectivity index (χ1) is 5.24. The molecule has 0 amide bonds. The van der Waals surface area contributed by atoms with E-state index >= 15 is 0 Å². The molecule has 0 aromatic carbocycles. The molecule has 4 heteroatoms.